The summed E-state index contributed by atoms with van der Waals surface area (Å²) in [6, 6.07) is 3.79. The molecule has 2 rings (SSSR count). The van der Waals surface area contributed by atoms with Crippen molar-refractivity contribution in [3.05, 3.63) is 34.6 Å². The minimum absolute atomic E-state index is 0.000863. The average molecular weight is 343 g/mol. The van der Waals surface area contributed by atoms with Crippen LogP contribution in [0, 0.1) is 11.7 Å². The Morgan fingerprint density at radius 1 is 1.52 bits per heavy atom. The Balaban J connectivity index is 2.35. The van der Waals surface area contributed by atoms with Gasteiger partial charge in [-0.15, -0.1) is 0 Å². The van der Waals surface area contributed by atoms with E-state index in [1.54, 1.807) is 13.1 Å². The number of hydrogen-bond acceptors (Lipinski definition) is 3. The Hall–Kier alpha value is -1.66. The first-order valence-corrected chi connectivity index (χ1v) is 7.88. The Bertz CT molecular complexity index is 611. The van der Waals surface area contributed by atoms with Gasteiger partial charge in [-0.2, -0.15) is 0 Å². The lowest BCUT2D eigenvalue weighted by Crippen LogP contribution is -2.40. The molecule has 1 heterocycles. The van der Waals surface area contributed by atoms with E-state index in [9.17, 15) is 14.0 Å². The summed E-state index contributed by atoms with van der Waals surface area (Å²) in [6.07, 6.45) is 0.0756. The molecule has 126 valence electrons. The van der Waals surface area contributed by atoms with Crippen molar-refractivity contribution in [1.29, 1.82) is 0 Å². The van der Waals surface area contributed by atoms with Crippen molar-refractivity contribution in [2.75, 3.05) is 26.7 Å². The smallest absolute Gasteiger partial charge is 0.228 e. The maximum Gasteiger partial charge on any atom is 0.228 e. The molecule has 0 spiro atoms. The van der Waals surface area contributed by atoms with E-state index in [1.807, 2.05) is 6.92 Å². The standard InChI is InChI=1S/C16H20ClFN2O3/c1-3-20(6-7-21)16(23)11-9-14(22)19(2)15(11)10-4-5-12(17)13(18)8-10/h4-5,8,11,15,21H,3,6-7,9H2,1-2H3. The molecule has 5 nitrogen and oxygen atoms in total. The van der Waals surface area contributed by atoms with Crippen molar-refractivity contribution in [2.24, 2.45) is 5.92 Å². The predicted octanol–water partition coefficient (Wildman–Crippen LogP) is 1.84. The number of aliphatic hydroxyl groups excluding tert-OH is 1. The van der Waals surface area contributed by atoms with Gasteiger partial charge in [0.25, 0.3) is 0 Å². The quantitative estimate of drug-likeness (QED) is 0.888. The van der Waals surface area contributed by atoms with Gasteiger partial charge in [0.15, 0.2) is 0 Å². The summed E-state index contributed by atoms with van der Waals surface area (Å²) in [7, 11) is 1.61. The molecule has 1 aromatic rings. The molecule has 0 saturated carbocycles. The van der Waals surface area contributed by atoms with Gasteiger partial charge in [0.2, 0.25) is 11.8 Å². The predicted molar refractivity (Wildman–Crippen MR) is 84.4 cm³/mol. The second-order valence-corrected chi connectivity index (χ2v) is 5.98. The number of nitrogens with zero attached hydrogens (tertiary/aromatic N) is 2. The van der Waals surface area contributed by atoms with E-state index in [0.717, 1.165) is 0 Å². The van der Waals surface area contributed by atoms with Crippen molar-refractivity contribution < 1.29 is 19.1 Å². The van der Waals surface area contributed by atoms with Gasteiger partial charge in [-0.05, 0) is 24.6 Å². The first kappa shape index (κ1) is 17.7. The fraction of sp³-hybridized carbons (Fsp3) is 0.500. The highest BCUT2D eigenvalue weighted by molar-refractivity contribution is 6.30. The minimum Gasteiger partial charge on any atom is -0.395 e. The van der Waals surface area contributed by atoms with Crippen LogP contribution in [0.15, 0.2) is 18.2 Å². The number of hydrogen-bond donors (Lipinski definition) is 1. The van der Waals surface area contributed by atoms with Crippen LogP contribution in [-0.4, -0.2) is 53.5 Å². The van der Waals surface area contributed by atoms with E-state index >= 15 is 0 Å². The molecule has 7 heteroatoms. The molecule has 1 fully saturated rings. The fourth-order valence-corrected chi connectivity index (χ4v) is 3.14. The molecule has 1 N–H and O–H groups in total. The van der Waals surface area contributed by atoms with E-state index in [-0.39, 0.29) is 36.4 Å². The van der Waals surface area contributed by atoms with Gasteiger partial charge >= 0.3 is 0 Å². The van der Waals surface area contributed by atoms with Crippen LogP contribution in [0.4, 0.5) is 4.39 Å². The number of rotatable bonds is 5. The highest BCUT2D eigenvalue weighted by Gasteiger charge is 2.44. The fourth-order valence-electron chi connectivity index (χ4n) is 3.02. The molecule has 0 bridgehead atoms. The van der Waals surface area contributed by atoms with E-state index in [4.69, 9.17) is 16.7 Å². The van der Waals surface area contributed by atoms with Gasteiger partial charge in [-0.3, -0.25) is 9.59 Å². The van der Waals surface area contributed by atoms with Crippen molar-refractivity contribution in [2.45, 2.75) is 19.4 Å². The monoisotopic (exact) mass is 342 g/mol. The van der Waals surface area contributed by atoms with E-state index in [0.29, 0.717) is 12.1 Å². The molecule has 0 aromatic heterocycles. The topological polar surface area (TPSA) is 60.9 Å². The Kier molecular flexibility index (Phi) is 5.59. The van der Waals surface area contributed by atoms with Crippen molar-refractivity contribution in [1.82, 2.24) is 9.80 Å². The zero-order valence-corrected chi connectivity index (χ0v) is 13.9. The molecule has 1 saturated heterocycles. The summed E-state index contributed by atoms with van der Waals surface area (Å²) in [4.78, 5) is 27.8. The molecule has 2 unspecified atom stereocenters. The van der Waals surface area contributed by atoms with Crippen molar-refractivity contribution in [3.8, 4) is 0 Å². The molecular weight excluding hydrogens is 323 g/mol. The summed E-state index contributed by atoms with van der Waals surface area (Å²) in [6.45, 7) is 2.32. The third-order valence-corrected chi connectivity index (χ3v) is 4.56. The second kappa shape index (κ2) is 7.27. The van der Waals surface area contributed by atoms with Crippen LogP contribution in [0.25, 0.3) is 0 Å². The summed E-state index contributed by atoms with van der Waals surface area (Å²) in [5.41, 5.74) is 0.540. The number of carbonyl (C=O) groups excluding carboxylic acids is 2. The largest absolute Gasteiger partial charge is 0.395 e. The summed E-state index contributed by atoms with van der Waals surface area (Å²) < 4.78 is 13.8. The first-order chi connectivity index (χ1) is 10.9. The lowest BCUT2D eigenvalue weighted by molar-refractivity contribution is -0.136. The number of aliphatic hydroxyl groups is 1. The summed E-state index contributed by atoms with van der Waals surface area (Å²) >= 11 is 5.71. The lowest BCUT2D eigenvalue weighted by atomic mass is 9.92. The molecule has 1 aliphatic heterocycles. The van der Waals surface area contributed by atoms with Gasteiger partial charge in [-0.25, -0.2) is 4.39 Å². The summed E-state index contributed by atoms with van der Waals surface area (Å²) in [5, 5.41) is 9.08. The van der Waals surface area contributed by atoms with Crippen LogP contribution in [0.1, 0.15) is 24.9 Å². The van der Waals surface area contributed by atoms with E-state index in [1.165, 1.54) is 21.9 Å². The second-order valence-electron chi connectivity index (χ2n) is 5.58. The minimum atomic E-state index is -0.598. The number of amides is 2. The van der Waals surface area contributed by atoms with Crippen molar-refractivity contribution in [3.63, 3.8) is 0 Å². The zero-order valence-electron chi connectivity index (χ0n) is 13.1. The van der Waals surface area contributed by atoms with Gasteiger partial charge in [0, 0.05) is 26.6 Å². The molecule has 2 atom stereocenters. The molecular formula is C16H20ClFN2O3. The first-order valence-electron chi connectivity index (χ1n) is 7.51. The van der Waals surface area contributed by atoms with Gasteiger partial charge in [0.05, 0.1) is 23.6 Å². The SMILES string of the molecule is CCN(CCO)C(=O)C1CC(=O)N(C)C1c1ccc(Cl)c(F)c1. The van der Waals surface area contributed by atoms with Crippen molar-refractivity contribution >= 4 is 23.4 Å². The number of likely N-dealkylation sites (N-methyl/N-ethyl adjacent to an activating group) is 1. The Morgan fingerprint density at radius 3 is 2.78 bits per heavy atom. The average Bonchev–Trinajstić information content (AvgIpc) is 2.82. The van der Waals surface area contributed by atoms with Gasteiger partial charge in [-0.1, -0.05) is 17.7 Å². The maximum absolute atomic E-state index is 13.8. The maximum atomic E-state index is 13.8. The van der Waals surface area contributed by atoms with Crippen LogP contribution < -0.4 is 0 Å². The Labute approximate surface area is 139 Å². The number of benzene rings is 1. The van der Waals surface area contributed by atoms with Crippen LogP contribution in [0.2, 0.25) is 5.02 Å². The third-order valence-electron chi connectivity index (χ3n) is 4.25. The van der Waals surface area contributed by atoms with E-state index < -0.39 is 17.8 Å². The Morgan fingerprint density at radius 2 is 2.22 bits per heavy atom. The van der Waals surface area contributed by atoms with Crippen LogP contribution in [-0.2, 0) is 9.59 Å². The molecule has 0 radical (unpaired) electrons. The zero-order chi connectivity index (χ0) is 17.1. The molecule has 1 aliphatic rings. The third kappa shape index (κ3) is 3.48. The lowest BCUT2D eigenvalue weighted by Gasteiger charge is -2.29. The van der Waals surface area contributed by atoms with Crippen LogP contribution >= 0.6 is 11.6 Å². The molecule has 1 aromatic carbocycles. The highest BCUT2D eigenvalue weighted by Crippen LogP contribution is 2.38. The number of likely N-dealkylation sites (tertiary alicyclic amines) is 1. The van der Waals surface area contributed by atoms with Crippen LogP contribution in [0.3, 0.4) is 0 Å². The number of halogens is 2. The van der Waals surface area contributed by atoms with Gasteiger partial charge < -0.3 is 14.9 Å². The van der Waals surface area contributed by atoms with E-state index in [2.05, 4.69) is 0 Å². The molecule has 0 aliphatic carbocycles. The normalized spacial score (nSPS) is 20.9. The number of carbonyl (C=O) groups is 2. The van der Waals surface area contributed by atoms with Gasteiger partial charge in [0.1, 0.15) is 5.82 Å². The molecule has 2 amide bonds. The van der Waals surface area contributed by atoms with Crippen LogP contribution in [0.5, 0.6) is 0 Å². The highest BCUT2D eigenvalue weighted by atomic mass is 35.5. The summed E-state index contributed by atoms with van der Waals surface area (Å²) in [5.74, 6) is -1.55. The molecule has 23 heavy (non-hydrogen) atoms.